The molecule has 1 saturated heterocycles. The number of nitrogens with zero attached hydrogens (tertiary/aromatic N) is 3. The van der Waals surface area contributed by atoms with Gasteiger partial charge < -0.3 is 14.4 Å². The van der Waals surface area contributed by atoms with Gasteiger partial charge in [-0.05, 0) is 56.2 Å². The van der Waals surface area contributed by atoms with Crippen LogP contribution in [0.3, 0.4) is 0 Å². The van der Waals surface area contributed by atoms with Gasteiger partial charge in [0.05, 0.1) is 18.9 Å². The zero-order valence-corrected chi connectivity index (χ0v) is 20.5. The predicted octanol–water partition coefficient (Wildman–Crippen LogP) is 4.21. The van der Waals surface area contributed by atoms with Gasteiger partial charge in [-0.2, -0.15) is 0 Å². The first-order valence-corrected chi connectivity index (χ1v) is 12.0. The Morgan fingerprint density at radius 3 is 2.54 bits per heavy atom. The van der Waals surface area contributed by atoms with Crippen molar-refractivity contribution in [2.75, 3.05) is 32.1 Å². The number of methoxy groups -OCH3 is 1. The summed E-state index contributed by atoms with van der Waals surface area (Å²) >= 11 is 0. The first kappa shape index (κ1) is 24.5. The fourth-order valence-electron chi connectivity index (χ4n) is 4.12. The highest BCUT2D eigenvalue weighted by molar-refractivity contribution is 5.93. The molecule has 0 saturated carbocycles. The second-order valence-corrected chi connectivity index (χ2v) is 8.69. The fourth-order valence-corrected chi connectivity index (χ4v) is 4.12. The number of rotatable bonds is 9. The lowest BCUT2D eigenvalue weighted by molar-refractivity contribution is -0.135. The van der Waals surface area contributed by atoms with E-state index in [0.717, 1.165) is 35.4 Å². The van der Waals surface area contributed by atoms with E-state index in [1.54, 1.807) is 18.9 Å². The van der Waals surface area contributed by atoms with Gasteiger partial charge in [0.2, 0.25) is 17.8 Å². The van der Waals surface area contributed by atoms with E-state index in [-0.39, 0.29) is 24.5 Å². The predicted molar refractivity (Wildman–Crippen MR) is 135 cm³/mol. The van der Waals surface area contributed by atoms with Crippen LogP contribution in [0, 0.1) is 6.92 Å². The molecule has 0 radical (unpaired) electrons. The lowest BCUT2D eigenvalue weighted by Crippen LogP contribution is -2.42. The number of amides is 2. The molecule has 1 aliphatic heterocycles. The van der Waals surface area contributed by atoms with Crippen LogP contribution >= 0.6 is 0 Å². The van der Waals surface area contributed by atoms with Crippen LogP contribution in [0.1, 0.15) is 31.7 Å². The molecule has 4 rings (SSSR count). The Bertz CT molecular complexity index is 1150. The molecule has 8 heteroatoms. The number of anilines is 1. The summed E-state index contributed by atoms with van der Waals surface area (Å²) in [5.41, 5.74) is 3.62. The van der Waals surface area contributed by atoms with Crippen molar-refractivity contribution in [2.45, 2.75) is 39.2 Å². The van der Waals surface area contributed by atoms with Crippen LogP contribution in [0.15, 0.2) is 54.7 Å². The van der Waals surface area contributed by atoms with E-state index >= 15 is 0 Å². The van der Waals surface area contributed by atoms with Crippen molar-refractivity contribution in [1.29, 1.82) is 0 Å². The highest BCUT2D eigenvalue weighted by Crippen LogP contribution is 2.26. The van der Waals surface area contributed by atoms with E-state index < -0.39 is 0 Å². The van der Waals surface area contributed by atoms with Gasteiger partial charge in [0.25, 0.3) is 0 Å². The van der Waals surface area contributed by atoms with Crippen molar-refractivity contribution in [1.82, 2.24) is 14.5 Å². The monoisotopic (exact) mass is 476 g/mol. The smallest absolute Gasteiger partial charge is 0.246 e. The molecule has 8 nitrogen and oxygen atoms in total. The van der Waals surface area contributed by atoms with Crippen molar-refractivity contribution >= 4 is 17.8 Å². The van der Waals surface area contributed by atoms with E-state index in [9.17, 15) is 9.59 Å². The molecule has 1 aliphatic rings. The van der Waals surface area contributed by atoms with Crippen molar-refractivity contribution in [3.8, 4) is 22.7 Å². The molecule has 2 aromatic carbocycles. The van der Waals surface area contributed by atoms with Gasteiger partial charge in [-0.15, -0.1) is 0 Å². The molecular weight excluding hydrogens is 444 g/mol. The topological polar surface area (TPSA) is 85.7 Å². The molecule has 1 unspecified atom stereocenters. The summed E-state index contributed by atoms with van der Waals surface area (Å²) in [6.07, 6.45) is 4.09. The summed E-state index contributed by atoms with van der Waals surface area (Å²) in [6, 6.07) is 15.6. The Hall–Kier alpha value is -3.65. The van der Waals surface area contributed by atoms with Crippen LogP contribution in [-0.4, -0.2) is 59.2 Å². The lowest BCUT2D eigenvalue weighted by Gasteiger charge is -2.24. The van der Waals surface area contributed by atoms with Crippen LogP contribution in [0.4, 0.5) is 5.95 Å². The minimum atomic E-state index is -0.301. The average molecular weight is 477 g/mol. The number of aromatic nitrogens is 2. The zero-order valence-electron chi connectivity index (χ0n) is 20.5. The Morgan fingerprint density at radius 2 is 1.91 bits per heavy atom. The van der Waals surface area contributed by atoms with E-state index in [2.05, 4.69) is 5.32 Å². The number of aryl methyl sites for hydroxylation is 1. The summed E-state index contributed by atoms with van der Waals surface area (Å²) in [5.74, 6) is 0.777. The summed E-state index contributed by atoms with van der Waals surface area (Å²) < 4.78 is 12.8. The zero-order chi connectivity index (χ0) is 24.8. The molecular formula is C27H32N4O4. The molecule has 35 heavy (non-hydrogen) atoms. The molecule has 2 heterocycles. The molecule has 1 atom stereocenters. The normalized spacial score (nSPS) is 15.1. The maximum absolute atomic E-state index is 13.1. The molecule has 1 aromatic heterocycles. The van der Waals surface area contributed by atoms with Crippen LogP contribution in [-0.2, 0) is 14.3 Å². The number of benzene rings is 2. The highest BCUT2D eigenvalue weighted by atomic mass is 16.5. The second kappa shape index (κ2) is 11.2. The fraction of sp³-hybridized carbons (Fsp3) is 0.370. The summed E-state index contributed by atoms with van der Waals surface area (Å²) in [7, 11) is 1.63. The van der Waals surface area contributed by atoms with Gasteiger partial charge in [-0.3, -0.25) is 19.5 Å². The number of nitrogens with one attached hydrogen (secondary N) is 1. The number of carbonyl (C=O) groups excluding carboxylic acids is 2. The molecule has 1 N–H and O–H groups in total. The van der Waals surface area contributed by atoms with Gasteiger partial charge in [0.15, 0.2) is 0 Å². The van der Waals surface area contributed by atoms with Crippen molar-refractivity contribution in [3.05, 3.63) is 60.3 Å². The molecule has 1 fully saturated rings. The Balaban J connectivity index is 1.58. The van der Waals surface area contributed by atoms with Crippen LogP contribution < -0.4 is 10.1 Å². The molecule has 2 amide bonds. The van der Waals surface area contributed by atoms with Gasteiger partial charge >= 0.3 is 0 Å². The molecule has 0 spiro atoms. The second-order valence-electron chi connectivity index (χ2n) is 8.69. The third-order valence-corrected chi connectivity index (χ3v) is 6.09. The Morgan fingerprint density at radius 1 is 1.17 bits per heavy atom. The van der Waals surface area contributed by atoms with Crippen molar-refractivity contribution in [3.63, 3.8) is 0 Å². The number of ether oxygens (including phenoxy) is 2. The van der Waals surface area contributed by atoms with E-state index in [0.29, 0.717) is 31.2 Å². The van der Waals surface area contributed by atoms with Gasteiger partial charge in [0.1, 0.15) is 12.3 Å². The third kappa shape index (κ3) is 6.08. The number of imidazole rings is 1. The Kier molecular flexibility index (Phi) is 7.82. The first-order valence-electron chi connectivity index (χ1n) is 12.0. The van der Waals surface area contributed by atoms with Gasteiger partial charge in [-0.25, -0.2) is 4.98 Å². The van der Waals surface area contributed by atoms with E-state index in [4.69, 9.17) is 14.5 Å². The molecule has 3 aromatic rings. The standard InChI is InChI=1S/C27H32N4O4/c1-4-26(33)30(16-23-6-5-15-35-23)18-25(32)29-27-28-24(20-9-13-22(34-3)14-10-20)17-31(27)21-11-7-19(2)8-12-21/h7-14,17,23H,4-6,15-16,18H2,1-3H3,(H,28,29,32). The number of hydrogen-bond acceptors (Lipinski definition) is 5. The lowest BCUT2D eigenvalue weighted by atomic mass is 10.1. The quantitative estimate of drug-likeness (QED) is 0.500. The number of carbonyl (C=O) groups is 2. The van der Waals surface area contributed by atoms with Crippen molar-refractivity contribution in [2.24, 2.45) is 0 Å². The SMILES string of the molecule is CCC(=O)N(CC(=O)Nc1nc(-c2ccc(OC)cc2)cn1-c1ccc(C)cc1)CC1CCCO1. The van der Waals surface area contributed by atoms with Crippen LogP contribution in [0.2, 0.25) is 0 Å². The largest absolute Gasteiger partial charge is 0.497 e. The first-order chi connectivity index (χ1) is 17.0. The highest BCUT2D eigenvalue weighted by Gasteiger charge is 2.24. The average Bonchev–Trinajstić information content (AvgIpc) is 3.54. The van der Waals surface area contributed by atoms with E-state index in [1.807, 2.05) is 66.2 Å². The van der Waals surface area contributed by atoms with Crippen LogP contribution in [0.5, 0.6) is 5.75 Å². The van der Waals surface area contributed by atoms with Crippen molar-refractivity contribution < 1.29 is 19.1 Å². The molecule has 184 valence electrons. The number of hydrogen-bond donors (Lipinski definition) is 1. The minimum Gasteiger partial charge on any atom is -0.497 e. The van der Waals surface area contributed by atoms with Gasteiger partial charge in [-0.1, -0.05) is 24.6 Å². The third-order valence-electron chi connectivity index (χ3n) is 6.09. The molecule has 0 bridgehead atoms. The summed E-state index contributed by atoms with van der Waals surface area (Å²) in [4.78, 5) is 31.9. The maximum atomic E-state index is 13.1. The maximum Gasteiger partial charge on any atom is 0.246 e. The summed E-state index contributed by atoms with van der Waals surface area (Å²) in [5, 5.41) is 2.92. The van der Waals surface area contributed by atoms with Gasteiger partial charge in [0, 0.05) is 37.0 Å². The van der Waals surface area contributed by atoms with Crippen LogP contribution in [0.25, 0.3) is 16.9 Å². The minimum absolute atomic E-state index is 0.0190. The molecule has 0 aliphatic carbocycles. The van der Waals surface area contributed by atoms with E-state index in [1.165, 1.54) is 0 Å². The summed E-state index contributed by atoms with van der Waals surface area (Å²) in [6.45, 7) is 4.90. The Labute approximate surface area is 205 Å².